The minimum atomic E-state index is -0.593. The largest absolute Gasteiger partial charge is 0.394 e. The highest BCUT2D eigenvalue weighted by molar-refractivity contribution is 5.71. The number of aliphatic hydroxyl groups is 2. The summed E-state index contributed by atoms with van der Waals surface area (Å²) in [5, 5.41) is 26.6. The van der Waals surface area contributed by atoms with E-state index in [0.29, 0.717) is 0 Å². The molecule has 0 unspecified atom stereocenters. The van der Waals surface area contributed by atoms with Gasteiger partial charge in [-0.05, 0) is 0 Å². The van der Waals surface area contributed by atoms with E-state index in [9.17, 15) is 9.59 Å². The van der Waals surface area contributed by atoms with Gasteiger partial charge in [0.2, 0.25) is 0 Å². The summed E-state index contributed by atoms with van der Waals surface area (Å²) in [5.74, 6) is 0.0394. The number of imidazole rings is 1. The molecule has 0 bridgehead atoms. The number of hydrogen-bond acceptors (Lipinski definition) is 7. The van der Waals surface area contributed by atoms with Gasteiger partial charge in [-0.25, -0.2) is 4.79 Å². The first-order chi connectivity index (χ1) is 10.1. The van der Waals surface area contributed by atoms with E-state index in [1.807, 2.05) is 0 Å². The molecule has 0 aliphatic heterocycles. The van der Waals surface area contributed by atoms with Crippen LogP contribution in [0.1, 0.15) is 0 Å². The van der Waals surface area contributed by atoms with Crippen molar-refractivity contribution in [2.45, 2.75) is 0 Å². The highest BCUT2D eigenvalue weighted by Gasteiger charge is 2.10. The van der Waals surface area contributed by atoms with E-state index in [1.54, 1.807) is 0 Å². The Morgan fingerprint density at radius 3 is 2.52 bits per heavy atom. The maximum atomic E-state index is 11.6. The van der Waals surface area contributed by atoms with Gasteiger partial charge in [0.1, 0.15) is 0 Å². The molecule has 2 heterocycles. The van der Waals surface area contributed by atoms with Crippen molar-refractivity contribution in [2.75, 3.05) is 26.3 Å². The van der Waals surface area contributed by atoms with E-state index >= 15 is 0 Å². The van der Waals surface area contributed by atoms with Gasteiger partial charge >= 0.3 is 5.69 Å². The quantitative estimate of drug-likeness (QED) is 0.366. The van der Waals surface area contributed by atoms with E-state index in [1.165, 1.54) is 16.6 Å². The summed E-state index contributed by atoms with van der Waals surface area (Å²) in [6, 6.07) is 0. The van der Waals surface area contributed by atoms with Gasteiger partial charge < -0.3 is 15.2 Å². The molecule has 0 spiro atoms. The number of fused-ring (bicyclic) bond motifs is 1. The van der Waals surface area contributed by atoms with Crippen LogP contribution in [0.2, 0.25) is 0 Å². The lowest BCUT2D eigenvalue weighted by Crippen LogP contribution is -2.28. The molecule has 11 heteroatoms. The van der Waals surface area contributed by atoms with Crippen molar-refractivity contribution in [3.8, 4) is 0 Å². The van der Waals surface area contributed by atoms with Crippen molar-refractivity contribution >= 4 is 17.1 Å². The average Bonchev–Trinajstić information content (AvgIpc) is 2.88. The number of nitrogens with zero attached hydrogens (tertiary/aromatic N) is 5. The summed E-state index contributed by atoms with van der Waals surface area (Å²) in [6.07, 6.45) is 0. The van der Waals surface area contributed by atoms with Crippen LogP contribution in [-0.2, 0) is 7.05 Å². The van der Waals surface area contributed by atoms with Crippen molar-refractivity contribution in [1.29, 1.82) is 0 Å². The molecule has 21 heavy (non-hydrogen) atoms. The van der Waals surface area contributed by atoms with Crippen molar-refractivity contribution < 1.29 is 10.2 Å². The first kappa shape index (κ1) is 14.9. The predicted molar refractivity (Wildman–Crippen MR) is 72.2 cm³/mol. The number of aryl methyl sites for hydroxylation is 1. The zero-order valence-electron chi connectivity index (χ0n) is 11.3. The molecule has 0 radical (unpaired) electrons. The zero-order valence-corrected chi connectivity index (χ0v) is 11.3. The molecule has 4 N–H and O–H groups in total. The number of aliphatic hydroxyl groups excluding tert-OH is 2. The van der Waals surface area contributed by atoms with Crippen LogP contribution in [0.5, 0.6) is 0 Å². The van der Waals surface area contributed by atoms with E-state index in [2.05, 4.69) is 25.3 Å². The number of H-pyrrole nitrogens is 2. The SMILES string of the molecule is Cn1c(=O)[nH]c(=O)c2[nH]c(/N=N/N(CCO)CCO)nc21. The van der Waals surface area contributed by atoms with Crippen LogP contribution in [-0.4, -0.2) is 61.0 Å². The Hall–Kier alpha value is -2.53. The Morgan fingerprint density at radius 2 is 1.90 bits per heavy atom. The minimum absolute atomic E-state index is 0.0394. The molecular weight excluding hydrogens is 282 g/mol. The normalized spacial score (nSPS) is 11.6. The molecule has 0 atom stereocenters. The van der Waals surface area contributed by atoms with Gasteiger partial charge in [-0.1, -0.05) is 10.3 Å². The van der Waals surface area contributed by atoms with E-state index in [4.69, 9.17) is 10.2 Å². The van der Waals surface area contributed by atoms with E-state index < -0.39 is 11.2 Å². The Balaban J connectivity index is 2.35. The standard InChI is InChI=1S/C10H15N7O4/c1-16-7-6(8(20)13-10(16)21)11-9(12-7)14-15-17(2-4-18)3-5-19/h18-19H,2-5H2,1H3,(H,11,12)(H,13,20,21)/b15-14+. The van der Waals surface area contributed by atoms with Crippen LogP contribution in [0, 0.1) is 0 Å². The Labute approximate surface area is 117 Å². The molecule has 0 saturated heterocycles. The molecule has 0 saturated carbocycles. The van der Waals surface area contributed by atoms with Crippen LogP contribution in [0.4, 0.5) is 5.95 Å². The Kier molecular flexibility index (Phi) is 4.45. The molecule has 2 aromatic heterocycles. The van der Waals surface area contributed by atoms with Gasteiger partial charge in [-0.3, -0.25) is 19.4 Å². The second-order valence-corrected chi connectivity index (χ2v) is 4.17. The fraction of sp³-hybridized carbons (Fsp3) is 0.500. The molecule has 0 aromatic carbocycles. The fourth-order valence-corrected chi connectivity index (χ4v) is 1.68. The first-order valence-corrected chi connectivity index (χ1v) is 6.14. The summed E-state index contributed by atoms with van der Waals surface area (Å²) < 4.78 is 1.17. The van der Waals surface area contributed by atoms with Gasteiger partial charge in [0.25, 0.3) is 11.5 Å². The molecule has 2 rings (SSSR count). The molecular formula is C10H15N7O4. The maximum absolute atomic E-state index is 11.6. The summed E-state index contributed by atoms with van der Waals surface area (Å²) in [4.78, 5) is 31.8. The van der Waals surface area contributed by atoms with Crippen LogP contribution >= 0.6 is 0 Å². The minimum Gasteiger partial charge on any atom is -0.394 e. The molecule has 2 aromatic rings. The Bertz CT molecular complexity index is 753. The van der Waals surface area contributed by atoms with Crippen molar-refractivity contribution in [2.24, 2.45) is 17.4 Å². The number of hydrogen-bond donors (Lipinski definition) is 4. The predicted octanol–water partition coefficient (Wildman–Crippen LogP) is -1.76. The highest BCUT2D eigenvalue weighted by atomic mass is 16.3. The van der Waals surface area contributed by atoms with Crippen LogP contribution in [0.15, 0.2) is 19.9 Å². The topological polar surface area (TPSA) is 152 Å². The third-order valence-corrected chi connectivity index (χ3v) is 2.72. The number of rotatable bonds is 6. The summed E-state index contributed by atoms with van der Waals surface area (Å²) in [7, 11) is 1.46. The van der Waals surface area contributed by atoms with Crippen molar-refractivity contribution in [3.05, 3.63) is 20.8 Å². The monoisotopic (exact) mass is 297 g/mol. The second-order valence-electron chi connectivity index (χ2n) is 4.17. The van der Waals surface area contributed by atoms with Gasteiger partial charge in [0.05, 0.1) is 26.3 Å². The molecule has 0 amide bonds. The molecule has 114 valence electrons. The van der Waals surface area contributed by atoms with Crippen LogP contribution in [0.25, 0.3) is 11.2 Å². The molecule has 11 nitrogen and oxygen atoms in total. The first-order valence-electron chi connectivity index (χ1n) is 6.14. The summed E-state index contributed by atoms with van der Waals surface area (Å²) in [5.41, 5.74) is -0.898. The molecule has 0 fully saturated rings. The van der Waals surface area contributed by atoms with E-state index in [0.717, 1.165) is 0 Å². The average molecular weight is 297 g/mol. The van der Waals surface area contributed by atoms with E-state index in [-0.39, 0.29) is 43.4 Å². The van der Waals surface area contributed by atoms with Gasteiger partial charge in [-0.15, -0.1) is 0 Å². The van der Waals surface area contributed by atoms with Gasteiger partial charge in [-0.2, -0.15) is 4.98 Å². The molecule has 0 aliphatic rings. The van der Waals surface area contributed by atoms with Crippen LogP contribution in [0.3, 0.4) is 0 Å². The number of aromatic amines is 2. The fourth-order valence-electron chi connectivity index (χ4n) is 1.68. The third-order valence-electron chi connectivity index (χ3n) is 2.72. The lowest BCUT2D eigenvalue weighted by atomic mass is 10.5. The highest BCUT2D eigenvalue weighted by Crippen LogP contribution is 2.11. The maximum Gasteiger partial charge on any atom is 0.329 e. The van der Waals surface area contributed by atoms with Gasteiger partial charge in [0.15, 0.2) is 11.2 Å². The van der Waals surface area contributed by atoms with Crippen molar-refractivity contribution in [1.82, 2.24) is 24.5 Å². The lowest BCUT2D eigenvalue weighted by Gasteiger charge is -2.13. The lowest BCUT2D eigenvalue weighted by molar-refractivity contribution is 0.158. The zero-order chi connectivity index (χ0) is 15.4. The second kappa shape index (κ2) is 6.28. The van der Waals surface area contributed by atoms with Gasteiger partial charge in [0, 0.05) is 7.05 Å². The Morgan fingerprint density at radius 1 is 1.24 bits per heavy atom. The number of aromatic nitrogens is 4. The summed E-state index contributed by atoms with van der Waals surface area (Å²) in [6.45, 7) is 0.105. The third kappa shape index (κ3) is 3.14. The smallest absolute Gasteiger partial charge is 0.329 e. The number of nitrogens with one attached hydrogen (secondary N) is 2. The van der Waals surface area contributed by atoms with Crippen molar-refractivity contribution in [3.63, 3.8) is 0 Å². The summed E-state index contributed by atoms with van der Waals surface area (Å²) >= 11 is 0. The van der Waals surface area contributed by atoms with Crippen LogP contribution < -0.4 is 11.2 Å². The molecule has 0 aliphatic carbocycles.